The summed E-state index contributed by atoms with van der Waals surface area (Å²) < 4.78 is 86.4. The number of ketones is 1. The van der Waals surface area contributed by atoms with Gasteiger partial charge in [0.1, 0.15) is 0 Å². The first-order valence-corrected chi connectivity index (χ1v) is 6.63. The van der Waals surface area contributed by atoms with E-state index in [0.717, 1.165) is 0 Å². The Labute approximate surface area is 127 Å². The lowest BCUT2D eigenvalue weighted by molar-refractivity contribution is -0.143. The molecule has 1 aliphatic heterocycles. The van der Waals surface area contributed by atoms with Gasteiger partial charge >= 0.3 is 12.4 Å². The van der Waals surface area contributed by atoms with E-state index < -0.39 is 41.1 Å². The molecule has 0 unspecified atom stereocenters. The summed E-state index contributed by atoms with van der Waals surface area (Å²) in [5.41, 5.74) is -3.65. The number of Topliss-reactive ketones (excluding diaryl/α,β-unsaturated/α-hetero) is 1. The van der Waals surface area contributed by atoms with Gasteiger partial charge in [-0.2, -0.15) is 26.3 Å². The van der Waals surface area contributed by atoms with Crippen LogP contribution < -0.4 is 0 Å². The second kappa shape index (κ2) is 6.48. The number of hydrogen-bond acceptors (Lipinski definition) is 3. The predicted octanol–water partition coefficient (Wildman–Crippen LogP) is 4.06. The predicted molar refractivity (Wildman–Crippen MR) is 65.7 cm³/mol. The normalized spacial score (nSPS) is 16.8. The van der Waals surface area contributed by atoms with E-state index in [1.165, 1.54) is 0 Å². The largest absolute Gasteiger partial charge is 0.416 e. The Morgan fingerprint density at radius 3 is 1.87 bits per heavy atom. The first kappa shape index (κ1) is 17.7. The van der Waals surface area contributed by atoms with Crippen LogP contribution in [0.1, 0.15) is 34.3 Å². The van der Waals surface area contributed by atoms with Crippen LogP contribution in [-0.4, -0.2) is 25.3 Å². The van der Waals surface area contributed by atoms with Gasteiger partial charge in [-0.05, 0) is 18.2 Å². The lowest BCUT2D eigenvalue weighted by Gasteiger charge is -2.14. The third-order valence-electron chi connectivity index (χ3n) is 3.21. The van der Waals surface area contributed by atoms with E-state index in [-0.39, 0.29) is 18.9 Å². The van der Waals surface area contributed by atoms with E-state index in [1.807, 2.05) is 0 Å². The van der Waals surface area contributed by atoms with Crippen LogP contribution >= 0.6 is 0 Å². The standard InChI is InChI=1S/C14H12F6O3/c15-13(16,17)9-5-8(6-10(7-9)14(18,19)20)11(21)1-2-12-22-3-4-23-12/h5-7,12H,1-4H2. The molecular formula is C14H12F6O3. The molecule has 0 N–H and O–H groups in total. The molecule has 0 bridgehead atoms. The highest BCUT2D eigenvalue weighted by Crippen LogP contribution is 2.36. The topological polar surface area (TPSA) is 35.5 Å². The minimum Gasteiger partial charge on any atom is -0.350 e. The molecule has 0 radical (unpaired) electrons. The van der Waals surface area contributed by atoms with E-state index in [1.54, 1.807) is 0 Å². The zero-order valence-corrected chi connectivity index (χ0v) is 11.6. The number of hydrogen-bond donors (Lipinski definition) is 0. The molecule has 1 aromatic carbocycles. The Balaban J connectivity index is 2.23. The molecule has 0 saturated carbocycles. The van der Waals surface area contributed by atoms with Gasteiger partial charge in [0.15, 0.2) is 12.1 Å². The molecule has 128 valence electrons. The summed E-state index contributed by atoms with van der Waals surface area (Å²) in [5.74, 6) is -0.833. The summed E-state index contributed by atoms with van der Waals surface area (Å²) >= 11 is 0. The van der Waals surface area contributed by atoms with Crippen LogP contribution in [0.25, 0.3) is 0 Å². The SMILES string of the molecule is O=C(CCC1OCCO1)c1cc(C(F)(F)F)cc(C(F)(F)F)c1. The molecule has 3 nitrogen and oxygen atoms in total. The molecular weight excluding hydrogens is 330 g/mol. The molecule has 1 fully saturated rings. The van der Waals surface area contributed by atoms with Gasteiger partial charge in [0.25, 0.3) is 0 Å². The molecule has 2 rings (SSSR count). The average molecular weight is 342 g/mol. The van der Waals surface area contributed by atoms with Gasteiger partial charge in [-0.15, -0.1) is 0 Å². The highest BCUT2D eigenvalue weighted by molar-refractivity contribution is 5.96. The van der Waals surface area contributed by atoms with Gasteiger partial charge in [-0.1, -0.05) is 0 Å². The molecule has 1 aromatic rings. The van der Waals surface area contributed by atoms with Crippen molar-refractivity contribution in [1.29, 1.82) is 0 Å². The zero-order valence-electron chi connectivity index (χ0n) is 11.6. The van der Waals surface area contributed by atoms with Crippen molar-refractivity contribution in [2.75, 3.05) is 13.2 Å². The van der Waals surface area contributed by atoms with Crippen LogP contribution in [0.3, 0.4) is 0 Å². The number of alkyl halides is 6. The zero-order chi connectivity index (χ0) is 17.3. The van der Waals surface area contributed by atoms with Gasteiger partial charge in [0.05, 0.1) is 24.3 Å². The third-order valence-corrected chi connectivity index (χ3v) is 3.21. The van der Waals surface area contributed by atoms with Crippen LogP contribution in [0.5, 0.6) is 0 Å². The van der Waals surface area contributed by atoms with Crippen molar-refractivity contribution in [1.82, 2.24) is 0 Å². The molecule has 0 aromatic heterocycles. The number of benzene rings is 1. The van der Waals surface area contributed by atoms with Crippen LogP contribution in [0.2, 0.25) is 0 Å². The molecule has 9 heteroatoms. The summed E-state index contributed by atoms with van der Waals surface area (Å²) in [7, 11) is 0. The summed E-state index contributed by atoms with van der Waals surface area (Å²) in [6.07, 6.45) is -10.8. The molecule has 23 heavy (non-hydrogen) atoms. The summed E-state index contributed by atoms with van der Waals surface area (Å²) in [4.78, 5) is 11.9. The molecule has 1 aliphatic rings. The Morgan fingerprint density at radius 1 is 0.957 bits per heavy atom. The second-order valence-corrected chi connectivity index (χ2v) is 4.93. The summed E-state index contributed by atoms with van der Waals surface area (Å²) in [6, 6.07) is 0.835. The van der Waals surface area contributed by atoms with Crippen molar-refractivity contribution in [3.8, 4) is 0 Å². The van der Waals surface area contributed by atoms with Crippen LogP contribution in [-0.2, 0) is 21.8 Å². The highest BCUT2D eigenvalue weighted by atomic mass is 19.4. The smallest absolute Gasteiger partial charge is 0.350 e. The average Bonchev–Trinajstić information content (AvgIpc) is 2.95. The fraction of sp³-hybridized carbons (Fsp3) is 0.500. The van der Waals surface area contributed by atoms with Gasteiger partial charge in [0, 0.05) is 18.4 Å². The van der Waals surface area contributed by atoms with Gasteiger partial charge in [0.2, 0.25) is 0 Å². The van der Waals surface area contributed by atoms with E-state index in [0.29, 0.717) is 25.3 Å². The molecule has 0 aliphatic carbocycles. The molecule has 0 atom stereocenters. The number of rotatable bonds is 4. The maximum absolute atomic E-state index is 12.7. The van der Waals surface area contributed by atoms with Crippen molar-refractivity contribution >= 4 is 5.78 Å². The molecule has 1 saturated heterocycles. The van der Waals surface area contributed by atoms with Crippen molar-refractivity contribution < 1.29 is 40.6 Å². The van der Waals surface area contributed by atoms with Gasteiger partial charge < -0.3 is 9.47 Å². The lowest BCUT2D eigenvalue weighted by Crippen LogP contribution is -2.15. The minimum atomic E-state index is -4.98. The number of carbonyl (C=O) groups excluding carboxylic acids is 1. The number of halogens is 6. The van der Waals surface area contributed by atoms with Gasteiger partial charge in [-0.3, -0.25) is 4.79 Å². The van der Waals surface area contributed by atoms with E-state index in [4.69, 9.17) is 9.47 Å². The highest BCUT2D eigenvalue weighted by Gasteiger charge is 2.37. The Kier molecular flexibility index (Phi) is 5.00. The van der Waals surface area contributed by atoms with Crippen molar-refractivity contribution in [2.45, 2.75) is 31.5 Å². The summed E-state index contributed by atoms with van der Waals surface area (Å²) in [5, 5.41) is 0. The minimum absolute atomic E-state index is 0.0139. The van der Waals surface area contributed by atoms with E-state index >= 15 is 0 Å². The second-order valence-electron chi connectivity index (χ2n) is 4.93. The van der Waals surface area contributed by atoms with Crippen LogP contribution in [0.4, 0.5) is 26.3 Å². The van der Waals surface area contributed by atoms with Crippen molar-refractivity contribution in [2.24, 2.45) is 0 Å². The van der Waals surface area contributed by atoms with Crippen molar-refractivity contribution in [3.05, 3.63) is 34.9 Å². The Morgan fingerprint density at radius 2 is 1.43 bits per heavy atom. The fourth-order valence-corrected chi connectivity index (χ4v) is 2.08. The fourth-order valence-electron chi connectivity index (χ4n) is 2.08. The Bertz CT molecular complexity index is 541. The number of carbonyl (C=O) groups is 1. The van der Waals surface area contributed by atoms with Gasteiger partial charge in [-0.25, -0.2) is 0 Å². The molecule has 1 heterocycles. The van der Waals surface area contributed by atoms with Crippen molar-refractivity contribution in [3.63, 3.8) is 0 Å². The quantitative estimate of drug-likeness (QED) is 0.611. The van der Waals surface area contributed by atoms with Crippen LogP contribution in [0, 0.1) is 0 Å². The third kappa shape index (κ3) is 4.68. The van der Waals surface area contributed by atoms with E-state index in [9.17, 15) is 31.1 Å². The van der Waals surface area contributed by atoms with Crippen LogP contribution in [0.15, 0.2) is 18.2 Å². The van der Waals surface area contributed by atoms with E-state index in [2.05, 4.69) is 0 Å². The summed E-state index contributed by atoms with van der Waals surface area (Å²) in [6.45, 7) is 0.668. The Hall–Kier alpha value is -1.61. The number of ether oxygens (including phenoxy) is 2. The maximum Gasteiger partial charge on any atom is 0.416 e. The molecule has 0 spiro atoms. The lowest BCUT2D eigenvalue weighted by atomic mass is 9.99. The molecule has 0 amide bonds. The monoisotopic (exact) mass is 342 g/mol. The first-order chi connectivity index (χ1) is 10.6. The first-order valence-electron chi connectivity index (χ1n) is 6.63. The maximum atomic E-state index is 12.7.